The lowest BCUT2D eigenvalue weighted by molar-refractivity contribution is -0.905. The summed E-state index contributed by atoms with van der Waals surface area (Å²) in [5.41, 5.74) is 1.17. The third-order valence-electron chi connectivity index (χ3n) is 3.58. The molecule has 100 valence electrons. The van der Waals surface area contributed by atoms with Gasteiger partial charge >= 0.3 is 0 Å². The van der Waals surface area contributed by atoms with Crippen molar-refractivity contribution in [1.82, 2.24) is 0 Å². The fourth-order valence-electron chi connectivity index (χ4n) is 2.53. The van der Waals surface area contributed by atoms with Gasteiger partial charge in [0.1, 0.15) is 5.75 Å². The Morgan fingerprint density at radius 3 is 2.72 bits per heavy atom. The molecule has 0 aromatic heterocycles. The fraction of sp³-hybridized carbons (Fsp3) is 0.600. The number of benzene rings is 1. The number of nitrogens with one attached hydrogen (secondary N) is 1. The van der Waals surface area contributed by atoms with E-state index in [9.17, 15) is 0 Å². The molecule has 0 radical (unpaired) electrons. The summed E-state index contributed by atoms with van der Waals surface area (Å²) in [5.74, 6) is 0.816. The highest BCUT2D eigenvalue weighted by Crippen LogP contribution is 2.25. The SMILES string of the molecule is Cc1ccc(OCCC[NH+]2CCCCC2)c(Cl)c1. The Morgan fingerprint density at radius 2 is 2.00 bits per heavy atom. The smallest absolute Gasteiger partial charge is 0.137 e. The summed E-state index contributed by atoms with van der Waals surface area (Å²) in [6, 6.07) is 5.95. The van der Waals surface area contributed by atoms with Crippen LogP contribution in [0.5, 0.6) is 5.75 Å². The number of hydrogen-bond acceptors (Lipinski definition) is 1. The minimum absolute atomic E-state index is 0.723. The average Bonchev–Trinajstić information content (AvgIpc) is 2.38. The van der Waals surface area contributed by atoms with Crippen LogP contribution in [0.1, 0.15) is 31.2 Å². The van der Waals surface area contributed by atoms with Crippen LogP contribution in [-0.2, 0) is 0 Å². The quantitative estimate of drug-likeness (QED) is 0.810. The molecular weight excluding hydrogens is 246 g/mol. The van der Waals surface area contributed by atoms with Gasteiger partial charge in [-0.15, -0.1) is 0 Å². The Bertz CT molecular complexity index is 375. The molecule has 1 saturated heterocycles. The summed E-state index contributed by atoms with van der Waals surface area (Å²) in [5, 5.41) is 0.723. The predicted octanol–water partition coefficient (Wildman–Crippen LogP) is 2.49. The van der Waals surface area contributed by atoms with E-state index in [2.05, 4.69) is 0 Å². The first-order chi connectivity index (χ1) is 8.75. The van der Waals surface area contributed by atoms with Crippen molar-refractivity contribution < 1.29 is 9.64 Å². The van der Waals surface area contributed by atoms with Crippen molar-refractivity contribution in [3.8, 4) is 5.75 Å². The van der Waals surface area contributed by atoms with Crippen molar-refractivity contribution in [3.05, 3.63) is 28.8 Å². The second-order valence-electron chi connectivity index (χ2n) is 5.20. The molecule has 3 heteroatoms. The monoisotopic (exact) mass is 268 g/mol. The van der Waals surface area contributed by atoms with Gasteiger partial charge < -0.3 is 9.64 Å². The number of hydrogen-bond donors (Lipinski definition) is 1. The predicted molar refractivity (Wildman–Crippen MR) is 75.7 cm³/mol. The number of quaternary nitrogens is 1. The molecule has 18 heavy (non-hydrogen) atoms. The minimum atomic E-state index is 0.723. The van der Waals surface area contributed by atoms with E-state index in [1.165, 1.54) is 44.5 Å². The van der Waals surface area contributed by atoms with E-state index in [0.29, 0.717) is 0 Å². The van der Waals surface area contributed by atoms with Gasteiger partial charge in [-0.05, 0) is 43.9 Å². The summed E-state index contributed by atoms with van der Waals surface area (Å²) in [6.45, 7) is 6.71. The van der Waals surface area contributed by atoms with Crippen molar-refractivity contribution in [3.63, 3.8) is 0 Å². The summed E-state index contributed by atoms with van der Waals surface area (Å²) in [7, 11) is 0. The lowest BCUT2D eigenvalue weighted by Crippen LogP contribution is -3.12. The zero-order valence-corrected chi connectivity index (χ0v) is 11.9. The molecule has 0 bridgehead atoms. The van der Waals surface area contributed by atoms with Crippen LogP contribution in [0.25, 0.3) is 0 Å². The molecule has 0 atom stereocenters. The molecule has 1 aromatic rings. The fourth-order valence-corrected chi connectivity index (χ4v) is 2.82. The van der Waals surface area contributed by atoms with Gasteiger partial charge in [-0.2, -0.15) is 0 Å². The van der Waals surface area contributed by atoms with Gasteiger partial charge in [0.15, 0.2) is 0 Å². The lowest BCUT2D eigenvalue weighted by Gasteiger charge is -2.23. The zero-order chi connectivity index (χ0) is 12.8. The standard InChI is InChI=1S/C15H22ClNO/c1-13-6-7-15(14(16)12-13)18-11-5-10-17-8-3-2-4-9-17/h6-7,12H,2-5,8-11H2,1H3/p+1. The second kappa shape index (κ2) is 7.01. The molecular formula is C15H23ClNO+. The van der Waals surface area contributed by atoms with Crippen molar-refractivity contribution >= 4 is 11.6 Å². The first kappa shape index (κ1) is 13.7. The molecule has 1 aliphatic heterocycles. The van der Waals surface area contributed by atoms with Crippen LogP contribution in [0.15, 0.2) is 18.2 Å². The van der Waals surface area contributed by atoms with E-state index >= 15 is 0 Å². The number of halogens is 1. The highest BCUT2D eigenvalue weighted by atomic mass is 35.5. The molecule has 0 spiro atoms. The van der Waals surface area contributed by atoms with E-state index in [1.807, 2.05) is 25.1 Å². The molecule has 1 aromatic carbocycles. The van der Waals surface area contributed by atoms with E-state index < -0.39 is 0 Å². The first-order valence-corrected chi connectivity index (χ1v) is 7.36. The van der Waals surface area contributed by atoms with Crippen LogP contribution in [0, 0.1) is 6.92 Å². The van der Waals surface area contributed by atoms with Crippen molar-refractivity contribution in [2.45, 2.75) is 32.6 Å². The van der Waals surface area contributed by atoms with Crippen LogP contribution in [0.4, 0.5) is 0 Å². The lowest BCUT2D eigenvalue weighted by atomic mass is 10.1. The minimum Gasteiger partial charge on any atom is -0.492 e. The van der Waals surface area contributed by atoms with E-state index in [1.54, 1.807) is 4.90 Å². The Morgan fingerprint density at radius 1 is 1.22 bits per heavy atom. The number of rotatable bonds is 5. The summed E-state index contributed by atoms with van der Waals surface area (Å²) < 4.78 is 5.74. The number of aryl methyl sites for hydroxylation is 1. The molecule has 0 aliphatic carbocycles. The van der Waals surface area contributed by atoms with Crippen molar-refractivity contribution in [2.24, 2.45) is 0 Å². The van der Waals surface area contributed by atoms with E-state index in [0.717, 1.165) is 23.8 Å². The number of piperidine rings is 1. The van der Waals surface area contributed by atoms with Crippen molar-refractivity contribution in [1.29, 1.82) is 0 Å². The Kier molecular flexibility index (Phi) is 5.33. The topological polar surface area (TPSA) is 13.7 Å². The van der Waals surface area contributed by atoms with Crippen molar-refractivity contribution in [2.75, 3.05) is 26.2 Å². The summed E-state index contributed by atoms with van der Waals surface area (Å²) in [6.07, 6.45) is 5.30. The highest BCUT2D eigenvalue weighted by Gasteiger charge is 2.12. The van der Waals surface area contributed by atoms with Gasteiger partial charge in [0.05, 0.1) is 31.3 Å². The molecule has 1 aliphatic rings. The molecule has 0 unspecified atom stereocenters. The maximum absolute atomic E-state index is 6.13. The highest BCUT2D eigenvalue weighted by molar-refractivity contribution is 6.32. The van der Waals surface area contributed by atoms with Gasteiger partial charge in [0.2, 0.25) is 0 Å². The maximum Gasteiger partial charge on any atom is 0.137 e. The number of likely N-dealkylation sites (tertiary alicyclic amines) is 1. The Labute approximate surface area is 115 Å². The third-order valence-corrected chi connectivity index (χ3v) is 3.88. The maximum atomic E-state index is 6.13. The molecule has 2 rings (SSSR count). The van der Waals surface area contributed by atoms with Crippen LogP contribution < -0.4 is 9.64 Å². The molecule has 1 fully saturated rings. The normalized spacial score (nSPS) is 16.8. The van der Waals surface area contributed by atoms with E-state index in [4.69, 9.17) is 16.3 Å². The zero-order valence-electron chi connectivity index (χ0n) is 11.2. The summed E-state index contributed by atoms with van der Waals surface area (Å²) in [4.78, 5) is 1.74. The van der Waals surface area contributed by atoms with Gasteiger partial charge in [0, 0.05) is 6.42 Å². The average molecular weight is 269 g/mol. The van der Waals surface area contributed by atoms with Gasteiger partial charge in [-0.3, -0.25) is 0 Å². The molecule has 1 N–H and O–H groups in total. The van der Waals surface area contributed by atoms with Crippen LogP contribution in [0.3, 0.4) is 0 Å². The third kappa shape index (κ3) is 4.18. The first-order valence-electron chi connectivity index (χ1n) is 6.98. The molecule has 0 saturated carbocycles. The van der Waals surface area contributed by atoms with Crippen LogP contribution >= 0.6 is 11.6 Å². The van der Waals surface area contributed by atoms with Gasteiger partial charge in [-0.25, -0.2) is 0 Å². The number of ether oxygens (including phenoxy) is 1. The molecule has 2 nitrogen and oxygen atoms in total. The Hall–Kier alpha value is -0.730. The Balaban J connectivity index is 1.68. The van der Waals surface area contributed by atoms with Gasteiger partial charge in [0.25, 0.3) is 0 Å². The summed E-state index contributed by atoms with van der Waals surface area (Å²) >= 11 is 6.13. The van der Waals surface area contributed by atoms with Crippen LogP contribution in [-0.4, -0.2) is 26.2 Å². The van der Waals surface area contributed by atoms with E-state index in [-0.39, 0.29) is 0 Å². The van der Waals surface area contributed by atoms with Crippen LogP contribution in [0.2, 0.25) is 5.02 Å². The second-order valence-corrected chi connectivity index (χ2v) is 5.60. The molecule has 0 amide bonds. The largest absolute Gasteiger partial charge is 0.492 e. The molecule has 1 heterocycles. The van der Waals surface area contributed by atoms with Gasteiger partial charge in [-0.1, -0.05) is 17.7 Å².